The van der Waals surface area contributed by atoms with Crippen LogP contribution in [0.3, 0.4) is 0 Å². The van der Waals surface area contributed by atoms with Crippen molar-refractivity contribution in [1.29, 1.82) is 0 Å². The van der Waals surface area contributed by atoms with E-state index in [9.17, 15) is 0 Å². The molecule has 0 N–H and O–H groups in total. The predicted molar refractivity (Wildman–Crippen MR) is 249 cm³/mol. The summed E-state index contributed by atoms with van der Waals surface area (Å²) >= 11 is 0. The van der Waals surface area contributed by atoms with Crippen LogP contribution >= 0.6 is 0 Å². The molecule has 0 radical (unpaired) electrons. The van der Waals surface area contributed by atoms with Crippen molar-refractivity contribution in [1.82, 2.24) is 15.0 Å². The van der Waals surface area contributed by atoms with Crippen LogP contribution in [0.15, 0.2) is 169 Å². The van der Waals surface area contributed by atoms with E-state index >= 15 is 0 Å². The molecule has 3 nitrogen and oxygen atoms in total. The van der Waals surface area contributed by atoms with Crippen LogP contribution in [-0.4, -0.2) is 15.0 Å². The highest BCUT2D eigenvalue weighted by atomic mass is 15.0. The Morgan fingerprint density at radius 1 is 0.593 bits per heavy atom. The fraction of sp³-hybridized carbons (Fsp3) is 0.232. The highest BCUT2D eigenvalue weighted by molar-refractivity contribution is 5.81. The van der Waals surface area contributed by atoms with Crippen LogP contribution in [0.5, 0.6) is 0 Å². The summed E-state index contributed by atoms with van der Waals surface area (Å²) in [6.45, 7) is 4.20. The highest BCUT2D eigenvalue weighted by Crippen LogP contribution is 2.46. The third-order valence-electron chi connectivity index (χ3n) is 12.7. The lowest BCUT2D eigenvalue weighted by Gasteiger charge is -2.39. The quantitative estimate of drug-likeness (QED) is 0.140. The number of hydrogen-bond acceptors (Lipinski definition) is 3. The standard InChI is InChI=1S/C56H53N3/c1-3-4-16-40(2)41-20-13-22-45(28-27-41)54-57-53(44-18-7-5-8-19-44)58-55(59-54)46-31-35-50(36-32-46)56(37-11-6-12-38-56)49-33-29-42(30-34-49)47-23-14-24-48(39-47)52-26-15-21-43-17-9-10-25-51(43)52/h3-4,7,10,14-16,18-36,39H,5-6,8-9,11-13,17,37-38H2,1-2H3/b4-3-,40-16+. The van der Waals surface area contributed by atoms with Crippen LogP contribution in [0, 0.1) is 0 Å². The number of hydrogen-bond donors (Lipinski definition) is 0. The van der Waals surface area contributed by atoms with E-state index in [1.807, 2.05) is 6.92 Å². The molecule has 9 rings (SSSR count). The van der Waals surface area contributed by atoms with Crippen LogP contribution in [-0.2, 0) is 11.8 Å². The minimum atomic E-state index is -0.0279. The molecule has 292 valence electrons. The van der Waals surface area contributed by atoms with Gasteiger partial charge in [-0.25, -0.2) is 15.0 Å². The molecule has 1 heterocycles. The molecule has 4 aromatic carbocycles. The molecule has 5 aromatic rings. The van der Waals surface area contributed by atoms with Gasteiger partial charge in [-0.15, -0.1) is 0 Å². The average molecular weight is 768 g/mol. The van der Waals surface area contributed by atoms with Gasteiger partial charge in [0.05, 0.1) is 0 Å². The molecule has 0 bridgehead atoms. The first kappa shape index (κ1) is 38.3. The summed E-state index contributed by atoms with van der Waals surface area (Å²) in [6.07, 6.45) is 37.5. The van der Waals surface area contributed by atoms with Gasteiger partial charge >= 0.3 is 0 Å². The normalized spacial score (nSPS) is 17.6. The Morgan fingerprint density at radius 2 is 1.29 bits per heavy atom. The number of rotatable bonds is 9. The zero-order valence-electron chi connectivity index (χ0n) is 34.5. The van der Waals surface area contributed by atoms with Crippen LogP contribution in [0.4, 0.5) is 0 Å². The molecule has 0 unspecified atom stereocenters. The monoisotopic (exact) mass is 767 g/mol. The summed E-state index contributed by atoms with van der Waals surface area (Å²) < 4.78 is 0. The molecule has 0 saturated heterocycles. The van der Waals surface area contributed by atoms with Crippen molar-refractivity contribution in [2.24, 2.45) is 0 Å². The Labute approximate surface area is 350 Å². The number of allylic oxidation sites excluding steroid dienone is 15. The fourth-order valence-corrected chi connectivity index (χ4v) is 9.37. The first-order valence-corrected chi connectivity index (χ1v) is 21.7. The van der Waals surface area contributed by atoms with E-state index in [4.69, 9.17) is 15.0 Å². The van der Waals surface area contributed by atoms with Crippen LogP contribution < -0.4 is 0 Å². The second-order valence-corrected chi connectivity index (χ2v) is 16.4. The van der Waals surface area contributed by atoms with Gasteiger partial charge in [-0.3, -0.25) is 0 Å². The molecular weight excluding hydrogens is 715 g/mol. The van der Waals surface area contributed by atoms with Crippen molar-refractivity contribution in [3.8, 4) is 33.6 Å². The van der Waals surface area contributed by atoms with Gasteiger partial charge in [0.15, 0.2) is 17.5 Å². The average Bonchev–Trinajstić information content (AvgIpc) is 3.58. The number of aromatic nitrogens is 3. The molecule has 1 aromatic heterocycles. The second kappa shape index (κ2) is 17.3. The lowest BCUT2D eigenvalue weighted by molar-refractivity contribution is 0.346. The van der Waals surface area contributed by atoms with E-state index < -0.39 is 0 Å². The Hall–Kier alpha value is -6.19. The maximum atomic E-state index is 5.14. The van der Waals surface area contributed by atoms with Crippen molar-refractivity contribution in [2.45, 2.75) is 83.5 Å². The van der Waals surface area contributed by atoms with Crippen LogP contribution in [0.25, 0.3) is 50.9 Å². The van der Waals surface area contributed by atoms with E-state index in [0.717, 1.165) is 67.5 Å². The molecule has 59 heavy (non-hydrogen) atoms. The Kier molecular flexibility index (Phi) is 11.3. The van der Waals surface area contributed by atoms with Crippen molar-refractivity contribution in [3.05, 3.63) is 203 Å². The smallest absolute Gasteiger partial charge is 0.164 e. The Balaban J connectivity index is 1.02. The maximum Gasteiger partial charge on any atom is 0.164 e. The van der Waals surface area contributed by atoms with Gasteiger partial charge in [0, 0.05) is 22.1 Å². The van der Waals surface area contributed by atoms with Crippen molar-refractivity contribution in [2.75, 3.05) is 0 Å². The first-order chi connectivity index (χ1) is 29.1. The maximum absolute atomic E-state index is 5.14. The number of aryl methyl sites for hydroxylation is 1. The van der Waals surface area contributed by atoms with E-state index in [0.29, 0.717) is 11.6 Å². The molecule has 4 aliphatic carbocycles. The Bertz CT molecular complexity index is 2600. The predicted octanol–water partition coefficient (Wildman–Crippen LogP) is 14.6. The molecule has 0 atom stereocenters. The highest BCUT2D eigenvalue weighted by Gasteiger charge is 2.35. The van der Waals surface area contributed by atoms with Gasteiger partial charge in [-0.2, -0.15) is 0 Å². The van der Waals surface area contributed by atoms with Crippen molar-refractivity contribution < 1.29 is 0 Å². The van der Waals surface area contributed by atoms with E-state index in [2.05, 4.69) is 171 Å². The first-order valence-electron chi connectivity index (χ1n) is 21.7. The number of fused-ring (bicyclic) bond motifs is 1. The van der Waals surface area contributed by atoms with Gasteiger partial charge in [0.1, 0.15) is 0 Å². The van der Waals surface area contributed by atoms with Crippen molar-refractivity contribution in [3.63, 3.8) is 0 Å². The zero-order valence-corrected chi connectivity index (χ0v) is 34.5. The summed E-state index contributed by atoms with van der Waals surface area (Å²) in [6, 6.07) is 34.5. The van der Waals surface area contributed by atoms with Gasteiger partial charge in [0.2, 0.25) is 0 Å². The van der Waals surface area contributed by atoms with Gasteiger partial charge in [0.25, 0.3) is 0 Å². The molecule has 0 amide bonds. The molecule has 0 spiro atoms. The minimum absolute atomic E-state index is 0.0279. The van der Waals surface area contributed by atoms with E-state index in [1.165, 1.54) is 74.9 Å². The van der Waals surface area contributed by atoms with Gasteiger partial charge in [-0.05, 0) is 121 Å². The Morgan fingerprint density at radius 3 is 2.03 bits per heavy atom. The fourth-order valence-electron chi connectivity index (χ4n) is 9.37. The summed E-state index contributed by atoms with van der Waals surface area (Å²) in [5, 5.41) is 0. The van der Waals surface area contributed by atoms with Gasteiger partial charge < -0.3 is 0 Å². The topological polar surface area (TPSA) is 38.7 Å². The summed E-state index contributed by atoms with van der Waals surface area (Å²) in [7, 11) is 0. The van der Waals surface area contributed by atoms with Crippen LogP contribution in [0.1, 0.15) is 106 Å². The summed E-state index contributed by atoms with van der Waals surface area (Å²) in [5.41, 5.74) is 16.2. The van der Waals surface area contributed by atoms with E-state index in [1.54, 1.807) is 0 Å². The molecular formula is C56H53N3. The molecule has 1 saturated carbocycles. The molecule has 1 fully saturated rings. The van der Waals surface area contributed by atoms with Crippen LogP contribution in [0.2, 0.25) is 0 Å². The van der Waals surface area contributed by atoms with Crippen molar-refractivity contribution >= 4 is 17.2 Å². The number of benzene rings is 4. The van der Waals surface area contributed by atoms with E-state index in [-0.39, 0.29) is 5.41 Å². The lowest BCUT2D eigenvalue weighted by Crippen LogP contribution is -2.30. The lowest BCUT2D eigenvalue weighted by atomic mass is 9.65. The third kappa shape index (κ3) is 8.12. The SMILES string of the molecule is C/C=C\C=C(/C)C1=CCC=C(c2nc(C3=CCCC=C3)nc(-c3ccc(C4(c5ccc(-c6cccc(-c7cccc8c7C=CCC8)c6)cc5)CCCCC4)cc3)n2)C=C1. The summed E-state index contributed by atoms with van der Waals surface area (Å²) in [4.78, 5) is 15.3. The number of nitrogens with zero attached hydrogens (tertiary/aromatic N) is 3. The zero-order chi connectivity index (χ0) is 40.0. The second-order valence-electron chi connectivity index (χ2n) is 16.4. The summed E-state index contributed by atoms with van der Waals surface area (Å²) in [5.74, 6) is 2.16. The third-order valence-corrected chi connectivity index (χ3v) is 12.7. The minimum Gasteiger partial charge on any atom is -0.208 e. The largest absolute Gasteiger partial charge is 0.208 e. The molecule has 4 aliphatic rings. The molecule has 0 aliphatic heterocycles. The van der Waals surface area contributed by atoms with Gasteiger partial charge in [-0.1, -0.05) is 177 Å². The molecule has 3 heteroatoms.